The highest BCUT2D eigenvalue weighted by Gasteiger charge is 2.31. The standard InChI is InChI=1S/C21H21F2N3O5/c1-2-31-21(28)17-11-16(26(29)30)12-18(23)19(17)25-9-7-13(8-10-25)20(27)24-15-5-3-14(22)4-6-15/h3-6,11-13H,2,7-10H2,1H3,(H,24,27). The molecule has 1 amide bonds. The predicted octanol–water partition coefficient (Wildman–Crippen LogP) is 3.90. The molecule has 0 atom stereocenters. The Bertz CT molecular complexity index is 989. The van der Waals surface area contributed by atoms with Gasteiger partial charge >= 0.3 is 5.97 Å². The molecule has 3 rings (SSSR count). The summed E-state index contributed by atoms with van der Waals surface area (Å²) in [6.45, 7) is 2.15. The summed E-state index contributed by atoms with van der Waals surface area (Å²) >= 11 is 0. The maximum atomic E-state index is 14.8. The molecule has 10 heteroatoms. The number of hydrogen-bond donors (Lipinski definition) is 1. The number of carbonyl (C=O) groups is 2. The highest BCUT2D eigenvalue weighted by molar-refractivity contribution is 5.97. The van der Waals surface area contributed by atoms with Crippen molar-refractivity contribution < 1.29 is 28.0 Å². The van der Waals surface area contributed by atoms with Crippen molar-refractivity contribution >= 4 is 28.9 Å². The molecule has 1 saturated heterocycles. The highest BCUT2D eigenvalue weighted by Crippen LogP contribution is 2.33. The number of halogens is 2. The van der Waals surface area contributed by atoms with E-state index in [2.05, 4.69) is 5.32 Å². The molecule has 0 spiro atoms. The third-order valence-corrected chi connectivity index (χ3v) is 5.05. The summed E-state index contributed by atoms with van der Waals surface area (Å²) in [5, 5.41) is 13.8. The Hall–Kier alpha value is -3.56. The van der Waals surface area contributed by atoms with E-state index in [0.29, 0.717) is 18.5 Å². The zero-order valence-electron chi connectivity index (χ0n) is 16.8. The summed E-state index contributed by atoms with van der Waals surface area (Å²) in [6, 6.07) is 7.18. The summed E-state index contributed by atoms with van der Waals surface area (Å²) in [4.78, 5) is 36.7. The van der Waals surface area contributed by atoms with Crippen LogP contribution >= 0.6 is 0 Å². The molecule has 0 radical (unpaired) electrons. The molecule has 0 aliphatic carbocycles. The molecule has 31 heavy (non-hydrogen) atoms. The van der Waals surface area contributed by atoms with Crippen molar-refractivity contribution in [1.29, 1.82) is 0 Å². The lowest BCUT2D eigenvalue weighted by atomic mass is 9.94. The van der Waals surface area contributed by atoms with Crippen LogP contribution in [0.2, 0.25) is 0 Å². The normalized spacial score (nSPS) is 14.2. The van der Waals surface area contributed by atoms with Crippen molar-refractivity contribution in [2.75, 3.05) is 29.9 Å². The first kappa shape index (κ1) is 22.1. The zero-order chi connectivity index (χ0) is 22.5. The maximum Gasteiger partial charge on any atom is 0.340 e. The van der Waals surface area contributed by atoms with Crippen LogP contribution in [0.4, 0.5) is 25.8 Å². The number of nitro groups is 1. The number of nitro benzene ring substituents is 1. The fourth-order valence-corrected chi connectivity index (χ4v) is 3.52. The van der Waals surface area contributed by atoms with Crippen molar-refractivity contribution in [3.05, 3.63) is 63.7 Å². The smallest absolute Gasteiger partial charge is 0.340 e. The lowest BCUT2D eigenvalue weighted by molar-refractivity contribution is -0.385. The first-order valence-corrected chi connectivity index (χ1v) is 9.76. The summed E-state index contributed by atoms with van der Waals surface area (Å²) in [7, 11) is 0. The van der Waals surface area contributed by atoms with Crippen LogP contribution in [0.3, 0.4) is 0 Å². The number of anilines is 2. The monoisotopic (exact) mass is 433 g/mol. The Labute approximate surface area is 176 Å². The summed E-state index contributed by atoms with van der Waals surface area (Å²) in [5.41, 5.74) is -0.359. The molecular formula is C21H21F2N3O5. The SMILES string of the molecule is CCOC(=O)c1cc([N+](=O)[O-])cc(F)c1N1CCC(C(=O)Nc2ccc(F)cc2)CC1. The van der Waals surface area contributed by atoms with Crippen LogP contribution in [0, 0.1) is 27.7 Å². The summed E-state index contributed by atoms with van der Waals surface area (Å²) < 4.78 is 32.7. The molecule has 164 valence electrons. The van der Waals surface area contributed by atoms with E-state index in [-0.39, 0.29) is 42.8 Å². The van der Waals surface area contributed by atoms with E-state index in [0.717, 1.165) is 12.1 Å². The third kappa shape index (κ3) is 5.14. The van der Waals surface area contributed by atoms with Gasteiger partial charge in [0.15, 0.2) is 5.82 Å². The average molecular weight is 433 g/mol. The van der Waals surface area contributed by atoms with E-state index in [9.17, 15) is 28.5 Å². The van der Waals surface area contributed by atoms with Crippen LogP contribution in [-0.2, 0) is 9.53 Å². The molecule has 1 heterocycles. The molecule has 0 aromatic heterocycles. The molecule has 0 saturated carbocycles. The number of ether oxygens (including phenoxy) is 1. The number of amides is 1. The molecule has 0 unspecified atom stereocenters. The minimum atomic E-state index is -0.897. The minimum absolute atomic E-state index is 0.0359. The Morgan fingerprint density at radius 1 is 1.19 bits per heavy atom. The first-order valence-electron chi connectivity index (χ1n) is 9.76. The van der Waals surface area contributed by atoms with Gasteiger partial charge in [0.25, 0.3) is 5.69 Å². The number of nitrogens with zero attached hydrogens (tertiary/aromatic N) is 2. The van der Waals surface area contributed by atoms with E-state index in [1.54, 1.807) is 11.8 Å². The van der Waals surface area contributed by atoms with Gasteiger partial charge in [-0.05, 0) is 44.0 Å². The number of esters is 1. The van der Waals surface area contributed by atoms with Gasteiger partial charge in [0.05, 0.1) is 28.8 Å². The second kappa shape index (κ2) is 9.50. The number of benzene rings is 2. The fourth-order valence-electron chi connectivity index (χ4n) is 3.52. The second-order valence-corrected chi connectivity index (χ2v) is 7.06. The second-order valence-electron chi connectivity index (χ2n) is 7.06. The topological polar surface area (TPSA) is 102 Å². The molecule has 1 aliphatic rings. The van der Waals surface area contributed by atoms with Crippen molar-refractivity contribution in [2.24, 2.45) is 5.92 Å². The molecular weight excluding hydrogens is 412 g/mol. The van der Waals surface area contributed by atoms with Crippen LogP contribution in [0.5, 0.6) is 0 Å². The quantitative estimate of drug-likeness (QED) is 0.421. The van der Waals surface area contributed by atoms with E-state index < -0.39 is 28.2 Å². The number of carbonyl (C=O) groups excluding carboxylic acids is 2. The van der Waals surface area contributed by atoms with E-state index in [1.165, 1.54) is 24.3 Å². The number of piperidine rings is 1. The van der Waals surface area contributed by atoms with Gasteiger partial charge in [0, 0.05) is 30.8 Å². The average Bonchev–Trinajstić information content (AvgIpc) is 2.75. The first-order chi connectivity index (χ1) is 14.8. The molecule has 1 N–H and O–H groups in total. The van der Waals surface area contributed by atoms with Gasteiger partial charge in [-0.2, -0.15) is 0 Å². The molecule has 2 aromatic rings. The van der Waals surface area contributed by atoms with Gasteiger partial charge in [-0.1, -0.05) is 0 Å². The maximum absolute atomic E-state index is 14.8. The number of hydrogen-bond acceptors (Lipinski definition) is 6. The fraction of sp³-hybridized carbons (Fsp3) is 0.333. The number of rotatable bonds is 6. The van der Waals surface area contributed by atoms with Crippen LogP contribution in [-0.4, -0.2) is 36.5 Å². The lowest BCUT2D eigenvalue weighted by Gasteiger charge is -2.34. The van der Waals surface area contributed by atoms with Gasteiger partial charge in [0.2, 0.25) is 5.91 Å². The molecule has 1 fully saturated rings. The minimum Gasteiger partial charge on any atom is -0.462 e. The Kier molecular flexibility index (Phi) is 6.78. The van der Waals surface area contributed by atoms with Crippen LogP contribution in [0.1, 0.15) is 30.1 Å². The van der Waals surface area contributed by atoms with E-state index in [4.69, 9.17) is 4.74 Å². The summed E-state index contributed by atoms with van der Waals surface area (Å²) in [6.07, 6.45) is 0.761. The molecule has 0 bridgehead atoms. The highest BCUT2D eigenvalue weighted by atomic mass is 19.1. The summed E-state index contributed by atoms with van der Waals surface area (Å²) in [5.74, 6) is -2.74. The van der Waals surface area contributed by atoms with Crippen molar-refractivity contribution in [3.8, 4) is 0 Å². The van der Waals surface area contributed by atoms with Crippen LogP contribution in [0.15, 0.2) is 36.4 Å². The Morgan fingerprint density at radius 2 is 1.84 bits per heavy atom. The van der Waals surface area contributed by atoms with Crippen molar-refractivity contribution in [1.82, 2.24) is 0 Å². The molecule has 1 aliphatic heterocycles. The zero-order valence-corrected chi connectivity index (χ0v) is 16.8. The van der Waals surface area contributed by atoms with E-state index in [1.807, 2.05) is 0 Å². The van der Waals surface area contributed by atoms with Crippen LogP contribution in [0.25, 0.3) is 0 Å². The largest absolute Gasteiger partial charge is 0.462 e. The van der Waals surface area contributed by atoms with Crippen molar-refractivity contribution in [2.45, 2.75) is 19.8 Å². The molecule has 8 nitrogen and oxygen atoms in total. The van der Waals surface area contributed by atoms with E-state index >= 15 is 0 Å². The number of nitrogens with one attached hydrogen (secondary N) is 1. The van der Waals surface area contributed by atoms with Gasteiger partial charge in [-0.15, -0.1) is 0 Å². The molecule has 2 aromatic carbocycles. The van der Waals surface area contributed by atoms with Gasteiger partial charge in [-0.3, -0.25) is 14.9 Å². The van der Waals surface area contributed by atoms with Crippen LogP contribution < -0.4 is 10.2 Å². The Balaban J connectivity index is 1.75. The van der Waals surface area contributed by atoms with Crippen molar-refractivity contribution in [3.63, 3.8) is 0 Å². The van der Waals surface area contributed by atoms with Gasteiger partial charge in [0.1, 0.15) is 5.82 Å². The third-order valence-electron chi connectivity index (χ3n) is 5.05. The van der Waals surface area contributed by atoms with Gasteiger partial charge in [-0.25, -0.2) is 13.6 Å². The predicted molar refractivity (Wildman–Crippen MR) is 109 cm³/mol. The number of non-ortho nitro benzene ring substituents is 1. The van der Waals surface area contributed by atoms with Gasteiger partial charge < -0.3 is 15.0 Å². The lowest BCUT2D eigenvalue weighted by Crippen LogP contribution is -2.39. The Morgan fingerprint density at radius 3 is 2.42 bits per heavy atom.